The topological polar surface area (TPSA) is 67.4 Å². The van der Waals surface area contributed by atoms with Gasteiger partial charge in [-0.2, -0.15) is 0 Å². The van der Waals surface area contributed by atoms with Crippen molar-refractivity contribution in [3.63, 3.8) is 0 Å². The van der Waals surface area contributed by atoms with Crippen molar-refractivity contribution in [2.24, 2.45) is 5.92 Å². The Labute approximate surface area is 155 Å². The van der Waals surface area contributed by atoms with E-state index >= 15 is 0 Å². The molecule has 0 aliphatic carbocycles. The van der Waals surface area contributed by atoms with E-state index in [0.29, 0.717) is 35.1 Å². The maximum absolute atomic E-state index is 12.9. The Hall–Kier alpha value is -1.34. The Bertz CT molecular complexity index is 826. The summed E-state index contributed by atoms with van der Waals surface area (Å²) in [5, 5.41) is 4.76. The molecular weight excluding hydrogens is 360 g/mol. The standard InChI is InChI=1S/C18H24N2O3S.ClH/c1-3-23-17-8-9-18(15-7-5-4-6-14(15)17)24(21,22)20-16-12-19-11-10-13(16)2;/h4-9,13,16,19-20H,3,10-12H2,1-2H3;1H. The van der Waals surface area contributed by atoms with Crippen molar-refractivity contribution in [1.29, 1.82) is 0 Å². The van der Waals surface area contributed by atoms with Crippen LogP contribution in [0.2, 0.25) is 0 Å². The molecule has 0 saturated carbocycles. The molecule has 7 heteroatoms. The van der Waals surface area contributed by atoms with E-state index in [1.165, 1.54) is 0 Å². The molecule has 25 heavy (non-hydrogen) atoms. The van der Waals surface area contributed by atoms with E-state index in [-0.39, 0.29) is 18.4 Å². The van der Waals surface area contributed by atoms with E-state index in [1.54, 1.807) is 12.1 Å². The zero-order valence-electron chi connectivity index (χ0n) is 14.5. The summed E-state index contributed by atoms with van der Waals surface area (Å²) in [5.41, 5.74) is 0. The minimum Gasteiger partial charge on any atom is -0.493 e. The van der Waals surface area contributed by atoms with Gasteiger partial charge in [0.25, 0.3) is 0 Å². The maximum atomic E-state index is 12.9. The zero-order chi connectivity index (χ0) is 17.2. The molecule has 0 spiro atoms. The number of sulfonamides is 1. The second kappa shape index (κ2) is 8.36. The number of piperidine rings is 1. The van der Waals surface area contributed by atoms with Crippen molar-refractivity contribution >= 4 is 33.2 Å². The van der Waals surface area contributed by atoms with Crippen LogP contribution in [0.25, 0.3) is 10.8 Å². The number of nitrogens with one attached hydrogen (secondary N) is 2. The SMILES string of the molecule is CCOc1ccc(S(=O)(=O)NC2CNCCC2C)c2ccccc12.Cl. The molecule has 1 aliphatic heterocycles. The van der Waals surface area contributed by atoms with Gasteiger partial charge in [-0.05, 0) is 37.9 Å². The molecule has 1 fully saturated rings. The first-order chi connectivity index (χ1) is 11.5. The normalized spacial score (nSPS) is 20.9. The van der Waals surface area contributed by atoms with Crippen LogP contribution < -0.4 is 14.8 Å². The highest BCUT2D eigenvalue weighted by Gasteiger charge is 2.28. The molecule has 1 aliphatic rings. The minimum absolute atomic E-state index is 0. The van der Waals surface area contributed by atoms with E-state index in [1.807, 2.05) is 31.2 Å². The van der Waals surface area contributed by atoms with Gasteiger partial charge in [0.05, 0.1) is 11.5 Å². The highest BCUT2D eigenvalue weighted by molar-refractivity contribution is 7.89. The maximum Gasteiger partial charge on any atom is 0.241 e. The fourth-order valence-electron chi connectivity index (χ4n) is 3.17. The van der Waals surface area contributed by atoms with Crippen LogP contribution in [0, 0.1) is 5.92 Å². The fourth-order valence-corrected chi connectivity index (χ4v) is 4.73. The number of hydrogen-bond donors (Lipinski definition) is 2. The third kappa shape index (κ3) is 4.26. The first-order valence-corrected chi connectivity index (χ1v) is 9.89. The summed E-state index contributed by atoms with van der Waals surface area (Å²) >= 11 is 0. The van der Waals surface area contributed by atoms with Gasteiger partial charge in [0.15, 0.2) is 0 Å². The first-order valence-electron chi connectivity index (χ1n) is 8.40. The van der Waals surface area contributed by atoms with Crippen LogP contribution in [0.3, 0.4) is 0 Å². The molecule has 5 nitrogen and oxygen atoms in total. The summed E-state index contributed by atoms with van der Waals surface area (Å²) in [7, 11) is -3.60. The lowest BCUT2D eigenvalue weighted by Gasteiger charge is -2.30. The number of hydrogen-bond acceptors (Lipinski definition) is 4. The largest absolute Gasteiger partial charge is 0.493 e. The van der Waals surface area contributed by atoms with Crippen LogP contribution in [0.5, 0.6) is 5.75 Å². The van der Waals surface area contributed by atoms with Crippen LogP contribution in [0.15, 0.2) is 41.3 Å². The number of rotatable bonds is 5. The molecule has 1 saturated heterocycles. The molecule has 1 heterocycles. The summed E-state index contributed by atoms with van der Waals surface area (Å²) in [4.78, 5) is 0.305. The lowest BCUT2D eigenvalue weighted by Crippen LogP contribution is -2.50. The molecule has 0 aromatic heterocycles. The van der Waals surface area contributed by atoms with E-state index in [2.05, 4.69) is 17.0 Å². The first kappa shape index (κ1) is 20.0. The van der Waals surface area contributed by atoms with Gasteiger partial charge in [0.1, 0.15) is 5.75 Å². The van der Waals surface area contributed by atoms with Crippen LogP contribution >= 0.6 is 12.4 Å². The third-order valence-corrected chi connectivity index (χ3v) is 6.12. The molecule has 0 radical (unpaired) electrons. The van der Waals surface area contributed by atoms with Crippen LogP contribution in [-0.4, -0.2) is 34.2 Å². The van der Waals surface area contributed by atoms with E-state index < -0.39 is 10.0 Å². The highest BCUT2D eigenvalue weighted by atomic mass is 35.5. The molecule has 138 valence electrons. The number of fused-ring (bicyclic) bond motifs is 1. The number of halogens is 1. The van der Waals surface area contributed by atoms with E-state index in [9.17, 15) is 8.42 Å². The zero-order valence-corrected chi connectivity index (χ0v) is 16.1. The Kier molecular flexibility index (Phi) is 6.68. The predicted molar refractivity (Wildman–Crippen MR) is 103 cm³/mol. The number of ether oxygens (including phenoxy) is 1. The third-order valence-electron chi connectivity index (χ3n) is 4.57. The van der Waals surface area contributed by atoms with Gasteiger partial charge in [-0.15, -0.1) is 12.4 Å². The average molecular weight is 385 g/mol. The van der Waals surface area contributed by atoms with Crippen LogP contribution in [-0.2, 0) is 10.0 Å². The minimum atomic E-state index is -3.60. The summed E-state index contributed by atoms with van der Waals surface area (Å²) in [6.07, 6.45) is 0.969. The summed E-state index contributed by atoms with van der Waals surface area (Å²) in [5.74, 6) is 1.02. The Morgan fingerprint density at radius 1 is 1.20 bits per heavy atom. The van der Waals surface area contributed by atoms with Gasteiger partial charge in [-0.25, -0.2) is 13.1 Å². The molecule has 2 atom stereocenters. The molecule has 3 rings (SSSR count). The quantitative estimate of drug-likeness (QED) is 0.831. The van der Waals surface area contributed by atoms with Gasteiger partial charge in [-0.3, -0.25) is 0 Å². The Morgan fingerprint density at radius 2 is 1.92 bits per heavy atom. The van der Waals surface area contributed by atoms with Crippen LogP contribution in [0.1, 0.15) is 20.3 Å². The molecule has 0 bridgehead atoms. The Balaban J connectivity index is 0.00000225. The lowest BCUT2D eigenvalue weighted by atomic mass is 9.96. The predicted octanol–water partition coefficient (Wildman–Crippen LogP) is 2.94. The second-order valence-electron chi connectivity index (χ2n) is 6.24. The summed E-state index contributed by atoms with van der Waals surface area (Å²) < 4.78 is 34.4. The van der Waals surface area contributed by atoms with Crippen molar-refractivity contribution in [2.75, 3.05) is 19.7 Å². The van der Waals surface area contributed by atoms with E-state index in [4.69, 9.17) is 4.74 Å². The smallest absolute Gasteiger partial charge is 0.241 e. The van der Waals surface area contributed by atoms with Gasteiger partial charge >= 0.3 is 0 Å². The molecule has 2 N–H and O–H groups in total. The molecule has 2 unspecified atom stereocenters. The van der Waals surface area contributed by atoms with Gasteiger partial charge in [0, 0.05) is 23.4 Å². The summed E-state index contributed by atoms with van der Waals surface area (Å²) in [6.45, 7) is 6.14. The van der Waals surface area contributed by atoms with Gasteiger partial charge in [0.2, 0.25) is 10.0 Å². The summed E-state index contributed by atoms with van der Waals surface area (Å²) in [6, 6.07) is 10.7. The van der Waals surface area contributed by atoms with Crippen molar-refractivity contribution in [2.45, 2.75) is 31.2 Å². The average Bonchev–Trinajstić information content (AvgIpc) is 2.57. The Morgan fingerprint density at radius 3 is 2.60 bits per heavy atom. The molecular formula is C18H25ClN2O3S. The van der Waals surface area contributed by atoms with E-state index in [0.717, 1.165) is 18.4 Å². The second-order valence-corrected chi connectivity index (χ2v) is 7.92. The number of benzene rings is 2. The molecule has 0 amide bonds. The highest BCUT2D eigenvalue weighted by Crippen LogP contribution is 2.31. The van der Waals surface area contributed by atoms with Crippen molar-refractivity contribution in [1.82, 2.24) is 10.0 Å². The van der Waals surface area contributed by atoms with Crippen LogP contribution in [0.4, 0.5) is 0 Å². The molecule has 2 aromatic rings. The van der Waals surface area contributed by atoms with Crippen molar-refractivity contribution in [3.05, 3.63) is 36.4 Å². The van der Waals surface area contributed by atoms with Crippen molar-refractivity contribution in [3.8, 4) is 5.75 Å². The fraction of sp³-hybridized carbons (Fsp3) is 0.444. The van der Waals surface area contributed by atoms with Gasteiger partial charge in [-0.1, -0.05) is 31.2 Å². The monoisotopic (exact) mass is 384 g/mol. The van der Waals surface area contributed by atoms with Gasteiger partial charge < -0.3 is 10.1 Å². The lowest BCUT2D eigenvalue weighted by molar-refractivity contribution is 0.327. The van der Waals surface area contributed by atoms with Crippen molar-refractivity contribution < 1.29 is 13.2 Å². The molecule has 2 aromatic carbocycles.